The number of carbonyl (C=O) groups excluding carboxylic acids is 3. The molecule has 320 valence electrons. The molecule has 60 heavy (non-hydrogen) atoms. The third kappa shape index (κ3) is 8.45. The van der Waals surface area contributed by atoms with Crippen LogP contribution in [-0.2, 0) is 24.7 Å². The Labute approximate surface area is 355 Å². The van der Waals surface area contributed by atoms with Crippen molar-refractivity contribution in [3.63, 3.8) is 0 Å². The molecule has 1 aliphatic carbocycles. The summed E-state index contributed by atoms with van der Waals surface area (Å²) >= 11 is 0. The highest BCUT2D eigenvalue weighted by Gasteiger charge is 2.57. The Bertz CT molecular complexity index is 2430. The van der Waals surface area contributed by atoms with E-state index in [-0.39, 0.29) is 36.0 Å². The fraction of sp³-hybridized carbons (Fsp3) is 0.500. The van der Waals surface area contributed by atoms with Crippen LogP contribution in [-0.4, -0.2) is 56.5 Å². The Balaban J connectivity index is 1.39. The predicted octanol–water partition coefficient (Wildman–Crippen LogP) is 11.3. The van der Waals surface area contributed by atoms with Gasteiger partial charge in [-0.15, -0.1) is 0 Å². The number of hydrogen-bond donors (Lipinski definition) is 3. The summed E-state index contributed by atoms with van der Waals surface area (Å²) in [7, 11) is 1.15. The number of nitrogens with zero attached hydrogens (tertiary/aromatic N) is 2. The van der Waals surface area contributed by atoms with Gasteiger partial charge in [-0.25, -0.2) is 9.78 Å². The van der Waals surface area contributed by atoms with E-state index in [9.17, 15) is 19.5 Å². The highest BCUT2D eigenvalue weighted by Crippen LogP contribution is 2.49. The van der Waals surface area contributed by atoms with Crippen molar-refractivity contribution in [2.75, 3.05) is 13.7 Å². The number of Topliss-reactive ketones (excluding diaryl/α,β-unsaturated/α-hetero) is 1. The van der Waals surface area contributed by atoms with E-state index in [2.05, 4.69) is 58.1 Å². The van der Waals surface area contributed by atoms with Gasteiger partial charge in [0.1, 0.15) is 6.61 Å². The van der Waals surface area contributed by atoms with Crippen molar-refractivity contribution in [2.24, 2.45) is 11.8 Å². The number of methoxy groups -OCH3 is 1. The molecule has 0 amide bonds. The predicted molar refractivity (Wildman–Crippen MR) is 240 cm³/mol. The maximum Gasteiger partial charge on any atom is 0.351 e. The molecule has 4 atom stereocenters. The third-order valence-electron chi connectivity index (χ3n) is 13.1. The smallest absolute Gasteiger partial charge is 0.351 e. The van der Waals surface area contributed by atoms with E-state index in [1.54, 1.807) is 6.92 Å². The van der Waals surface area contributed by atoms with Crippen LogP contribution in [0.1, 0.15) is 173 Å². The number of fused-ring (bicyclic) bond motifs is 8. The number of H-pyrrole nitrogens is 2. The van der Waals surface area contributed by atoms with Crippen LogP contribution in [0.3, 0.4) is 0 Å². The fourth-order valence-electron chi connectivity index (χ4n) is 9.32. The molecule has 10 heteroatoms. The van der Waals surface area contributed by atoms with Crippen LogP contribution in [0.4, 0.5) is 0 Å². The zero-order valence-electron chi connectivity index (χ0n) is 37.4. The van der Waals surface area contributed by atoms with E-state index < -0.39 is 23.3 Å². The summed E-state index contributed by atoms with van der Waals surface area (Å²) in [6.07, 6.45) is 12.0. The van der Waals surface area contributed by atoms with Gasteiger partial charge in [-0.3, -0.25) is 14.6 Å². The van der Waals surface area contributed by atoms with Gasteiger partial charge >= 0.3 is 11.9 Å². The van der Waals surface area contributed by atoms with Crippen LogP contribution < -0.4 is 0 Å². The normalized spacial score (nSPS) is 19.3. The van der Waals surface area contributed by atoms with Crippen molar-refractivity contribution < 1.29 is 29.0 Å². The molecule has 0 spiro atoms. The molecular formula is C50H64N4O6. The van der Waals surface area contributed by atoms with Crippen molar-refractivity contribution in [2.45, 2.75) is 138 Å². The fourth-order valence-corrected chi connectivity index (χ4v) is 9.32. The van der Waals surface area contributed by atoms with Crippen molar-refractivity contribution in [1.29, 1.82) is 0 Å². The number of allylic oxidation sites excluding steroid dienone is 3. The van der Waals surface area contributed by atoms with Gasteiger partial charge in [0.05, 0.1) is 35.3 Å². The molecule has 0 saturated heterocycles. The molecule has 3 aliphatic rings. The summed E-state index contributed by atoms with van der Waals surface area (Å²) in [5.74, 6) is -1.52. The number of carbonyl (C=O) groups is 3. The largest absolute Gasteiger partial charge is 0.466 e. The van der Waals surface area contributed by atoms with Crippen molar-refractivity contribution in [3.05, 3.63) is 87.0 Å². The van der Waals surface area contributed by atoms with E-state index >= 15 is 0 Å². The number of nitrogens with one attached hydrogen (secondary N) is 2. The molecule has 0 aromatic carbocycles. The number of ketones is 1. The Morgan fingerprint density at radius 3 is 2.35 bits per heavy atom. The number of hydrogen-bond acceptors (Lipinski definition) is 8. The summed E-state index contributed by atoms with van der Waals surface area (Å²) in [6, 6.07) is 5.94. The van der Waals surface area contributed by atoms with Gasteiger partial charge in [0.25, 0.3) is 5.60 Å². The van der Waals surface area contributed by atoms with E-state index in [1.807, 2.05) is 44.2 Å². The molecule has 0 saturated carbocycles. The van der Waals surface area contributed by atoms with E-state index in [4.69, 9.17) is 19.4 Å². The van der Waals surface area contributed by atoms with Crippen molar-refractivity contribution in [3.8, 4) is 0 Å². The molecule has 10 nitrogen and oxygen atoms in total. The highest BCUT2D eigenvalue weighted by molar-refractivity contribution is 6.26. The van der Waals surface area contributed by atoms with Crippen LogP contribution in [0.5, 0.6) is 0 Å². The van der Waals surface area contributed by atoms with Crippen LogP contribution >= 0.6 is 0 Å². The van der Waals surface area contributed by atoms with E-state index in [0.717, 1.165) is 77.0 Å². The third-order valence-corrected chi connectivity index (χ3v) is 13.1. The molecule has 0 radical (unpaired) electrons. The average molecular weight is 817 g/mol. The minimum Gasteiger partial charge on any atom is -0.466 e. The van der Waals surface area contributed by atoms with Crippen LogP contribution in [0.25, 0.3) is 39.3 Å². The molecule has 3 aromatic rings. The number of aryl methyl sites for hydroxylation is 2. The number of aromatic amines is 2. The molecular weight excluding hydrogens is 753 g/mol. The van der Waals surface area contributed by atoms with Crippen molar-refractivity contribution in [1.82, 2.24) is 19.9 Å². The number of aliphatic hydroxyl groups is 1. The number of aromatic nitrogens is 4. The second-order valence-corrected chi connectivity index (χ2v) is 17.7. The first-order valence-electron chi connectivity index (χ1n) is 21.8. The molecule has 1 unspecified atom stereocenters. The minimum atomic E-state index is -2.65. The standard InChI is InChI=1S/C50H64N4O6/c1-12-34-30(7)37-24-39-32(9)36(20-21-43(55)60-23-22-29(6)19-15-18-28(5)17-14-16-27(3)4)46(53-39)45-47-44(48(56)50(45,58)49(57)59-11)33(10)40(54-47)26-42-35(13-2)31(8)38(52-42)25-41(34)51-37/h12,22,24-28,32,36,51,54,58H,1,13-21,23H2,2-11H3/b29-22+,37-24?,38-25?,39-24?,40-26?,41-25?,42-26?,46-45?/t28?,32-,36-,50+/m0/s1. The Morgan fingerprint density at radius 2 is 1.67 bits per heavy atom. The lowest BCUT2D eigenvalue weighted by molar-refractivity contribution is -0.157. The molecule has 8 bridgehead atoms. The summed E-state index contributed by atoms with van der Waals surface area (Å²) in [4.78, 5) is 58.6. The van der Waals surface area contributed by atoms with Gasteiger partial charge < -0.3 is 24.5 Å². The molecule has 3 N–H and O–H groups in total. The first-order valence-corrected chi connectivity index (χ1v) is 21.8. The second kappa shape index (κ2) is 18.3. The Morgan fingerprint density at radius 1 is 0.967 bits per heavy atom. The summed E-state index contributed by atoms with van der Waals surface area (Å²) in [5.41, 5.74) is 8.64. The summed E-state index contributed by atoms with van der Waals surface area (Å²) in [6.45, 7) is 23.3. The summed E-state index contributed by atoms with van der Waals surface area (Å²) < 4.78 is 10.8. The number of ether oxygens (including phenoxy) is 2. The first kappa shape index (κ1) is 44.5. The van der Waals surface area contributed by atoms with Crippen LogP contribution in [0.2, 0.25) is 0 Å². The molecule has 3 aromatic heterocycles. The summed E-state index contributed by atoms with van der Waals surface area (Å²) in [5, 5.41) is 12.3. The van der Waals surface area contributed by atoms with E-state index in [0.29, 0.717) is 40.3 Å². The van der Waals surface area contributed by atoms with Crippen molar-refractivity contribution >= 4 is 57.0 Å². The lowest BCUT2D eigenvalue weighted by Gasteiger charge is -2.23. The quantitative estimate of drug-likeness (QED) is 0.0735. The molecule has 0 fully saturated rings. The van der Waals surface area contributed by atoms with Gasteiger partial charge in [-0.05, 0) is 112 Å². The Hall–Kier alpha value is -5.09. The lowest BCUT2D eigenvalue weighted by atomic mass is 9.82. The number of rotatable bonds is 16. The Kier molecular flexibility index (Phi) is 13.5. The van der Waals surface area contributed by atoms with E-state index in [1.165, 1.54) is 31.3 Å². The van der Waals surface area contributed by atoms with Crippen LogP contribution in [0, 0.1) is 25.7 Å². The minimum absolute atomic E-state index is 0.0534. The maximum atomic E-state index is 14.4. The van der Waals surface area contributed by atoms with Gasteiger partial charge in [-0.1, -0.05) is 78.5 Å². The van der Waals surface area contributed by atoms with Gasteiger partial charge in [0.15, 0.2) is 0 Å². The monoisotopic (exact) mass is 816 g/mol. The number of esters is 2. The zero-order valence-corrected chi connectivity index (χ0v) is 37.4. The first-order chi connectivity index (χ1) is 28.5. The van der Waals surface area contributed by atoms with Gasteiger partial charge in [0, 0.05) is 51.6 Å². The molecule has 5 heterocycles. The maximum absolute atomic E-state index is 14.4. The average Bonchev–Trinajstić information content (AvgIpc) is 3.93. The van der Waals surface area contributed by atoms with Crippen LogP contribution in [0.15, 0.2) is 36.4 Å². The second-order valence-electron chi connectivity index (χ2n) is 17.7. The molecule has 2 aliphatic heterocycles. The van der Waals surface area contributed by atoms with Gasteiger partial charge in [0.2, 0.25) is 5.78 Å². The SMILES string of the molecule is C=Cc1c(C)c2cc3nc(c4c5[nH]c(cc6nc(cc1[nH]2)C(C)=C6CC)c(C)c5C(=O)[C@@]4(O)C(=O)OC)[C@@H](CCC(=O)OC/C=C(\C)CCCC(C)CCCC(C)C)[C@@H]3C. The van der Waals surface area contributed by atoms with Gasteiger partial charge in [-0.2, -0.15) is 0 Å². The topological polar surface area (TPSA) is 147 Å². The zero-order chi connectivity index (χ0) is 43.6. The highest BCUT2D eigenvalue weighted by atomic mass is 16.5. The molecule has 6 rings (SSSR count). The lowest BCUT2D eigenvalue weighted by Crippen LogP contribution is -2.42.